The molecule has 2 aromatic carbocycles. The number of nitrogens with zero attached hydrogens (tertiary/aromatic N) is 1. The lowest BCUT2D eigenvalue weighted by Crippen LogP contribution is -2.16. The molecule has 0 bridgehead atoms. The van der Waals surface area contributed by atoms with Gasteiger partial charge in [0.1, 0.15) is 0 Å². The number of hydrogen-bond acceptors (Lipinski definition) is 4. The molecular weight excluding hydrogens is 360 g/mol. The normalized spacial score (nSPS) is 11.2. The van der Waals surface area contributed by atoms with E-state index in [0.717, 1.165) is 16.8 Å². The van der Waals surface area contributed by atoms with Crippen LogP contribution in [0.1, 0.15) is 32.7 Å². The van der Waals surface area contributed by atoms with Gasteiger partial charge in [0.25, 0.3) is 10.0 Å². The molecule has 0 aliphatic rings. The van der Waals surface area contributed by atoms with Crippen LogP contribution in [0.3, 0.4) is 0 Å². The van der Waals surface area contributed by atoms with Crippen molar-refractivity contribution in [3.8, 4) is 0 Å². The molecule has 0 saturated heterocycles. The molecule has 0 radical (unpaired) electrons. The molecule has 0 fully saturated rings. The Balaban J connectivity index is 2.00. The summed E-state index contributed by atoms with van der Waals surface area (Å²) in [6, 6.07) is 15.0. The van der Waals surface area contributed by atoms with Gasteiger partial charge in [0.15, 0.2) is 5.78 Å². The number of aryl methyl sites for hydroxylation is 3. The topological polar surface area (TPSA) is 76.1 Å². The zero-order valence-corrected chi connectivity index (χ0v) is 16.2. The van der Waals surface area contributed by atoms with E-state index in [-0.39, 0.29) is 21.9 Å². The maximum atomic E-state index is 12.9. The molecule has 1 N–H and O–H groups in total. The second-order valence-electron chi connectivity index (χ2n) is 6.48. The van der Waals surface area contributed by atoms with Crippen molar-refractivity contribution in [1.29, 1.82) is 0 Å². The highest BCUT2D eigenvalue weighted by Crippen LogP contribution is 2.24. The molecule has 1 aromatic heterocycles. The Hall–Kier alpha value is -2.99. The van der Waals surface area contributed by atoms with Crippen LogP contribution in [-0.2, 0) is 10.0 Å². The zero-order chi connectivity index (χ0) is 19.6. The van der Waals surface area contributed by atoms with Crippen molar-refractivity contribution in [2.24, 2.45) is 0 Å². The summed E-state index contributed by atoms with van der Waals surface area (Å²) in [6.45, 7) is 5.57. The fraction of sp³-hybridized carbons (Fsp3) is 0.143. The van der Waals surface area contributed by atoms with E-state index in [1.54, 1.807) is 42.5 Å². The summed E-state index contributed by atoms with van der Waals surface area (Å²) in [5.41, 5.74) is 3.56. The number of sulfonamides is 1. The molecular formula is C21H20N2O3S. The van der Waals surface area contributed by atoms with Gasteiger partial charge in [-0.05, 0) is 57.2 Å². The molecule has 0 saturated carbocycles. The highest BCUT2D eigenvalue weighted by Gasteiger charge is 2.20. The molecule has 0 atom stereocenters. The van der Waals surface area contributed by atoms with Crippen LogP contribution in [-0.4, -0.2) is 19.2 Å². The smallest absolute Gasteiger partial charge is 0.261 e. The average molecular weight is 380 g/mol. The second-order valence-corrected chi connectivity index (χ2v) is 8.17. The number of ketones is 1. The van der Waals surface area contributed by atoms with Crippen LogP contribution in [0, 0.1) is 20.8 Å². The summed E-state index contributed by atoms with van der Waals surface area (Å²) < 4.78 is 28.0. The third-order valence-electron chi connectivity index (χ3n) is 4.17. The Morgan fingerprint density at radius 3 is 2.19 bits per heavy atom. The third-order valence-corrected chi connectivity index (χ3v) is 5.55. The molecule has 1 heterocycles. The van der Waals surface area contributed by atoms with Crippen molar-refractivity contribution in [3.63, 3.8) is 0 Å². The van der Waals surface area contributed by atoms with Crippen molar-refractivity contribution in [3.05, 3.63) is 88.7 Å². The van der Waals surface area contributed by atoms with Gasteiger partial charge in [-0.1, -0.05) is 29.3 Å². The number of rotatable bonds is 5. The van der Waals surface area contributed by atoms with Crippen LogP contribution in [0.5, 0.6) is 0 Å². The van der Waals surface area contributed by atoms with Crippen LogP contribution in [0.4, 0.5) is 5.69 Å². The molecule has 0 aliphatic heterocycles. The Morgan fingerprint density at radius 2 is 1.56 bits per heavy atom. The summed E-state index contributed by atoms with van der Waals surface area (Å²) in [4.78, 5) is 17.2. The van der Waals surface area contributed by atoms with Gasteiger partial charge in [-0.15, -0.1) is 0 Å². The third kappa shape index (κ3) is 4.23. The summed E-state index contributed by atoms with van der Waals surface area (Å²) >= 11 is 0. The zero-order valence-electron chi connectivity index (χ0n) is 15.4. The molecule has 3 aromatic rings. The van der Waals surface area contributed by atoms with Crippen LogP contribution >= 0.6 is 0 Å². The van der Waals surface area contributed by atoms with Crippen LogP contribution in [0.2, 0.25) is 0 Å². The molecule has 5 nitrogen and oxygen atoms in total. The number of pyridine rings is 1. The first kappa shape index (κ1) is 18.8. The minimum absolute atomic E-state index is 0.143. The number of hydrogen-bond donors (Lipinski definition) is 1. The van der Waals surface area contributed by atoms with E-state index >= 15 is 0 Å². The van der Waals surface area contributed by atoms with Gasteiger partial charge in [0.05, 0.1) is 10.6 Å². The lowest BCUT2D eigenvalue weighted by molar-refractivity contribution is 0.103. The lowest BCUT2D eigenvalue weighted by atomic mass is 10.0. The Morgan fingerprint density at radius 1 is 0.889 bits per heavy atom. The van der Waals surface area contributed by atoms with Crippen LogP contribution < -0.4 is 4.72 Å². The highest BCUT2D eigenvalue weighted by molar-refractivity contribution is 7.92. The maximum Gasteiger partial charge on any atom is 0.261 e. The summed E-state index contributed by atoms with van der Waals surface area (Å²) in [7, 11) is -3.81. The van der Waals surface area contributed by atoms with E-state index in [1.165, 1.54) is 18.3 Å². The van der Waals surface area contributed by atoms with Gasteiger partial charge in [-0.25, -0.2) is 8.42 Å². The molecule has 138 valence electrons. The Labute approximate surface area is 159 Å². The fourth-order valence-corrected chi connectivity index (χ4v) is 3.69. The van der Waals surface area contributed by atoms with Gasteiger partial charge < -0.3 is 0 Å². The standard InChI is InChI=1S/C21H20N2O3S/c1-14-4-9-18(10-5-14)27(25,26)23-20-11-6-15(2)12-19(20)21(24)17-8-7-16(3)22-13-17/h4-13,23H,1-3H3. The number of carbonyl (C=O) groups is 1. The number of aromatic nitrogens is 1. The maximum absolute atomic E-state index is 12.9. The first-order valence-corrected chi connectivity index (χ1v) is 9.92. The minimum atomic E-state index is -3.81. The quantitative estimate of drug-likeness (QED) is 0.678. The molecule has 0 spiro atoms. The molecule has 27 heavy (non-hydrogen) atoms. The first-order chi connectivity index (χ1) is 12.8. The molecule has 6 heteroatoms. The van der Waals surface area contributed by atoms with Crippen molar-refractivity contribution < 1.29 is 13.2 Å². The van der Waals surface area contributed by atoms with E-state index in [1.807, 2.05) is 20.8 Å². The number of anilines is 1. The first-order valence-electron chi connectivity index (χ1n) is 8.44. The largest absolute Gasteiger partial charge is 0.288 e. The van der Waals surface area contributed by atoms with Gasteiger partial charge in [0.2, 0.25) is 0 Å². The molecule has 3 rings (SSSR count). The number of nitrogens with one attached hydrogen (secondary N) is 1. The fourth-order valence-electron chi connectivity index (χ4n) is 2.61. The Bertz CT molecular complexity index is 1090. The molecule has 0 aliphatic carbocycles. The van der Waals surface area contributed by atoms with Crippen molar-refractivity contribution >= 4 is 21.5 Å². The highest BCUT2D eigenvalue weighted by atomic mass is 32.2. The summed E-state index contributed by atoms with van der Waals surface area (Å²) in [6.07, 6.45) is 1.50. The number of carbonyl (C=O) groups excluding carboxylic acids is 1. The van der Waals surface area contributed by atoms with E-state index in [9.17, 15) is 13.2 Å². The second kappa shape index (κ2) is 7.32. The predicted molar refractivity (Wildman–Crippen MR) is 106 cm³/mol. The van der Waals surface area contributed by atoms with Crippen molar-refractivity contribution in [1.82, 2.24) is 4.98 Å². The summed E-state index contributed by atoms with van der Waals surface area (Å²) in [5, 5.41) is 0. The van der Waals surface area contributed by atoms with Gasteiger partial charge in [-0.3, -0.25) is 14.5 Å². The van der Waals surface area contributed by atoms with Crippen LogP contribution in [0.15, 0.2) is 65.7 Å². The Kier molecular flexibility index (Phi) is 5.10. The monoisotopic (exact) mass is 380 g/mol. The van der Waals surface area contributed by atoms with Gasteiger partial charge >= 0.3 is 0 Å². The minimum Gasteiger partial charge on any atom is -0.288 e. The van der Waals surface area contributed by atoms with E-state index in [2.05, 4.69) is 9.71 Å². The van der Waals surface area contributed by atoms with E-state index < -0.39 is 10.0 Å². The molecule has 0 amide bonds. The summed E-state index contributed by atoms with van der Waals surface area (Å²) in [5.74, 6) is -0.284. The van der Waals surface area contributed by atoms with E-state index in [4.69, 9.17) is 0 Å². The SMILES string of the molecule is Cc1ccc(S(=O)(=O)Nc2ccc(C)cc2C(=O)c2ccc(C)nc2)cc1. The number of benzene rings is 2. The van der Waals surface area contributed by atoms with Crippen molar-refractivity contribution in [2.45, 2.75) is 25.7 Å². The van der Waals surface area contributed by atoms with E-state index in [0.29, 0.717) is 5.56 Å². The van der Waals surface area contributed by atoms with Gasteiger partial charge in [-0.2, -0.15) is 0 Å². The predicted octanol–water partition coefficient (Wildman–Crippen LogP) is 4.04. The van der Waals surface area contributed by atoms with Crippen LogP contribution in [0.25, 0.3) is 0 Å². The average Bonchev–Trinajstić information content (AvgIpc) is 2.63. The lowest BCUT2D eigenvalue weighted by Gasteiger charge is -2.13. The van der Waals surface area contributed by atoms with Crippen molar-refractivity contribution in [2.75, 3.05) is 4.72 Å². The van der Waals surface area contributed by atoms with Gasteiger partial charge in [0, 0.05) is 23.0 Å². The molecule has 0 unspecified atom stereocenters.